The molecule has 0 saturated carbocycles. The van der Waals surface area contributed by atoms with E-state index in [2.05, 4.69) is 17.1 Å². The molecule has 1 aromatic rings. The number of likely N-dealkylation sites (N-methyl/N-ethyl adjacent to an activating group) is 1. The summed E-state index contributed by atoms with van der Waals surface area (Å²) in [5.41, 5.74) is 0. The summed E-state index contributed by atoms with van der Waals surface area (Å²) >= 11 is 5.85. The lowest BCUT2D eigenvalue weighted by atomic mass is 10.1. The van der Waals surface area contributed by atoms with E-state index in [1.54, 1.807) is 0 Å². The van der Waals surface area contributed by atoms with Crippen LogP contribution >= 0.6 is 11.6 Å². The van der Waals surface area contributed by atoms with Crippen LogP contribution in [0.2, 0.25) is 5.02 Å². The molecule has 1 heterocycles. The van der Waals surface area contributed by atoms with Gasteiger partial charge in [0.2, 0.25) is 0 Å². The average Bonchev–Trinajstić information content (AvgIpc) is 2.46. The molecule has 0 spiro atoms. The zero-order valence-corrected chi connectivity index (χ0v) is 12.3. The number of benzene rings is 1. The summed E-state index contributed by atoms with van der Waals surface area (Å²) < 4.78 is 5.77. The second-order valence-electron chi connectivity index (χ2n) is 4.91. The number of ether oxygens (including phenoxy) is 1. The molecule has 1 aromatic carbocycles. The lowest BCUT2D eigenvalue weighted by Crippen LogP contribution is -2.44. The molecule has 3 nitrogen and oxygen atoms in total. The van der Waals surface area contributed by atoms with Crippen LogP contribution in [0.1, 0.15) is 19.8 Å². The van der Waals surface area contributed by atoms with E-state index >= 15 is 0 Å². The smallest absolute Gasteiger partial charge is 0.119 e. The monoisotopic (exact) mass is 282 g/mol. The molecule has 0 aromatic heterocycles. The molecular formula is C15H23ClN2O. The van der Waals surface area contributed by atoms with Crippen molar-refractivity contribution in [3.8, 4) is 5.75 Å². The lowest BCUT2D eigenvalue weighted by molar-refractivity contribution is 0.141. The van der Waals surface area contributed by atoms with Gasteiger partial charge >= 0.3 is 0 Å². The van der Waals surface area contributed by atoms with Crippen LogP contribution in [-0.4, -0.2) is 43.7 Å². The normalized spacial score (nSPS) is 16.8. The maximum absolute atomic E-state index is 5.85. The van der Waals surface area contributed by atoms with Crippen molar-refractivity contribution in [2.45, 2.75) is 25.8 Å². The summed E-state index contributed by atoms with van der Waals surface area (Å²) in [7, 11) is 0. The average molecular weight is 283 g/mol. The van der Waals surface area contributed by atoms with Crippen LogP contribution < -0.4 is 10.1 Å². The summed E-state index contributed by atoms with van der Waals surface area (Å²) in [5.74, 6) is 0.894. The molecule has 0 bridgehead atoms. The van der Waals surface area contributed by atoms with Gasteiger partial charge in [-0.15, -0.1) is 0 Å². The molecule has 106 valence electrons. The van der Waals surface area contributed by atoms with E-state index in [4.69, 9.17) is 16.3 Å². The second-order valence-corrected chi connectivity index (χ2v) is 5.35. The Morgan fingerprint density at radius 3 is 2.58 bits per heavy atom. The van der Waals surface area contributed by atoms with Gasteiger partial charge in [0, 0.05) is 17.6 Å². The highest BCUT2D eigenvalue weighted by molar-refractivity contribution is 6.30. The van der Waals surface area contributed by atoms with Gasteiger partial charge in [0.1, 0.15) is 12.4 Å². The molecule has 1 N–H and O–H groups in total. The van der Waals surface area contributed by atoms with Gasteiger partial charge in [-0.05, 0) is 56.7 Å². The van der Waals surface area contributed by atoms with Crippen LogP contribution in [0.4, 0.5) is 0 Å². The van der Waals surface area contributed by atoms with E-state index in [0.29, 0.717) is 6.04 Å². The second kappa shape index (κ2) is 7.73. The molecule has 4 heteroatoms. The number of halogens is 1. The fourth-order valence-electron chi connectivity index (χ4n) is 2.58. The Hall–Kier alpha value is -0.770. The lowest BCUT2D eigenvalue weighted by Gasteiger charge is -2.33. The molecule has 0 aliphatic carbocycles. The topological polar surface area (TPSA) is 24.5 Å². The first kappa shape index (κ1) is 14.6. The predicted molar refractivity (Wildman–Crippen MR) is 80.1 cm³/mol. The molecule has 0 amide bonds. The maximum Gasteiger partial charge on any atom is 0.119 e. The van der Waals surface area contributed by atoms with E-state index in [-0.39, 0.29) is 0 Å². The summed E-state index contributed by atoms with van der Waals surface area (Å²) in [6, 6.07) is 8.27. The van der Waals surface area contributed by atoms with E-state index in [1.165, 1.54) is 12.8 Å². The van der Waals surface area contributed by atoms with Gasteiger partial charge in [-0.1, -0.05) is 18.5 Å². The fourth-order valence-corrected chi connectivity index (χ4v) is 2.71. The van der Waals surface area contributed by atoms with Gasteiger partial charge in [-0.3, -0.25) is 4.90 Å². The van der Waals surface area contributed by atoms with Crippen molar-refractivity contribution in [1.29, 1.82) is 0 Å². The Morgan fingerprint density at radius 2 is 1.95 bits per heavy atom. The molecular weight excluding hydrogens is 260 g/mol. The number of nitrogens with zero attached hydrogens (tertiary/aromatic N) is 1. The number of nitrogens with one attached hydrogen (secondary N) is 1. The molecule has 0 atom stereocenters. The SMILES string of the molecule is CCN(CCOc1ccc(Cl)cc1)C1CCNCC1. The Bertz CT molecular complexity index is 363. The van der Waals surface area contributed by atoms with Gasteiger partial charge in [0.25, 0.3) is 0 Å². The molecule has 1 aliphatic heterocycles. The van der Waals surface area contributed by atoms with Gasteiger partial charge in [-0.2, -0.15) is 0 Å². The largest absolute Gasteiger partial charge is 0.492 e. The van der Waals surface area contributed by atoms with E-state index in [0.717, 1.165) is 43.6 Å². The third kappa shape index (κ3) is 4.68. The third-order valence-corrected chi connectivity index (χ3v) is 3.94. The zero-order valence-electron chi connectivity index (χ0n) is 11.6. The van der Waals surface area contributed by atoms with E-state index < -0.39 is 0 Å². The summed E-state index contributed by atoms with van der Waals surface area (Å²) in [6.07, 6.45) is 2.49. The Labute approximate surface area is 120 Å². The molecule has 2 rings (SSSR count). The van der Waals surface area contributed by atoms with Gasteiger partial charge in [0.05, 0.1) is 0 Å². The van der Waals surface area contributed by atoms with Crippen molar-refractivity contribution in [2.24, 2.45) is 0 Å². The quantitative estimate of drug-likeness (QED) is 0.868. The van der Waals surface area contributed by atoms with Crippen molar-refractivity contribution in [3.05, 3.63) is 29.3 Å². The van der Waals surface area contributed by atoms with Crippen molar-refractivity contribution in [1.82, 2.24) is 10.2 Å². The molecule has 1 fully saturated rings. The highest BCUT2D eigenvalue weighted by atomic mass is 35.5. The number of hydrogen-bond donors (Lipinski definition) is 1. The van der Waals surface area contributed by atoms with Gasteiger partial charge < -0.3 is 10.1 Å². The molecule has 19 heavy (non-hydrogen) atoms. The first-order chi connectivity index (χ1) is 9.29. The minimum Gasteiger partial charge on any atom is -0.492 e. The van der Waals surface area contributed by atoms with E-state index in [9.17, 15) is 0 Å². The fraction of sp³-hybridized carbons (Fsp3) is 0.600. The maximum atomic E-state index is 5.85. The van der Waals surface area contributed by atoms with Crippen LogP contribution in [0.3, 0.4) is 0 Å². The van der Waals surface area contributed by atoms with Gasteiger partial charge in [-0.25, -0.2) is 0 Å². The summed E-state index contributed by atoms with van der Waals surface area (Å²) in [6.45, 7) is 7.32. The van der Waals surface area contributed by atoms with Gasteiger partial charge in [0.15, 0.2) is 0 Å². The van der Waals surface area contributed by atoms with E-state index in [1.807, 2.05) is 24.3 Å². The van der Waals surface area contributed by atoms with Crippen molar-refractivity contribution >= 4 is 11.6 Å². The standard InChI is InChI=1S/C15H23ClN2O/c1-2-18(14-7-9-17-10-8-14)11-12-19-15-5-3-13(16)4-6-15/h3-6,14,17H,2,7-12H2,1H3. The molecule has 1 aliphatic rings. The van der Waals surface area contributed by atoms with Crippen LogP contribution in [0.25, 0.3) is 0 Å². The van der Waals surface area contributed by atoms with Crippen molar-refractivity contribution < 1.29 is 4.74 Å². The Balaban J connectivity index is 1.74. The Morgan fingerprint density at radius 1 is 1.26 bits per heavy atom. The predicted octanol–water partition coefficient (Wildman–Crippen LogP) is 2.79. The number of hydrogen-bond acceptors (Lipinski definition) is 3. The van der Waals surface area contributed by atoms with Crippen LogP contribution in [0.5, 0.6) is 5.75 Å². The highest BCUT2D eigenvalue weighted by Gasteiger charge is 2.19. The molecule has 0 radical (unpaired) electrons. The summed E-state index contributed by atoms with van der Waals surface area (Å²) in [5, 5.41) is 4.16. The third-order valence-electron chi connectivity index (χ3n) is 3.69. The highest BCUT2D eigenvalue weighted by Crippen LogP contribution is 2.16. The minimum absolute atomic E-state index is 0.708. The van der Waals surface area contributed by atoms with Crippen LogP contribution in [0.15, 0.2) is 24.3 Å². The van der Waals surface area contributed by atoms with Crippen LogP contribution in [-0.2, 0) is 0 Å². The number of rotatable bonds is 6. The minimum atomic E-state index is 0.708. The summed E-state index contributed by atoms with van der Waals surface area (Å²) in [4.78, 5) is 2.52. The van der Waals surface area contributed by atoms with Crippen molar-refractivity contribution in [2.75, 3.05) is 32.8 Å². The molecule has 0 unspecified atom stereocenters. The first-order valence-corrected chi connectivity index (χ1v) is 7.50. The van der Waals surface area contributed by atoms with Crippen LogP contribution in [0, 0.1) is 0 Å². The van der Waals surface area contributed by atoms with Crippen molar-refractivity contribution in [3.63, 3.8) is 0 Å². The number of piperidine rings is 1. The molecule has 1 saturated heterocycles. The Kier molecular flexibility index (Phi) is 5.95. The first-order valence-electron chi connectivity index (χ1n) is 7.12. The zero-order chi connectivity index (χ0) is 13.5.